The summed E-state index contributed by atoms with van der Waals surface area (Å²) in [6, 6.07) is 11.1. The minimum absolute atomic E-state index is 0.110. The Kier molecular flexibility index (Phi) is 6.66. The van der Waals surface area contributed by atoms with Crippen molar-refractivity contribution < 1.29 is 27.1 Å². The molecule has 186 valence electrons. The van der Waals surface area contributed by atoms with Crippen LogP contribution in [0.4, 0.5) is 24.5 Å². The van der Waals surface area contributed by atoms with E-state index in [1.54, 1.807) is 0 Å². The van der Waals surface area contributed by atoms with Gasteiger partial charge in [0.2, 0.25) is 5.91 Å². The van der Waals surface area contributed by atoms with Crippen molar-refractivity contribution in [3.05, 3.63) is 53.9 Å². The molecule has 0 radical (unpaired) electrons. The highest BCUT2D eigenvalue weighted by Crippen LogP contribution is 2.36. The van der Waals surface area contributed by atoms with E-state index in [1.807, 2.05) is 34.1 Å². The van der Waals surface area contributed by atoms with Crippen LogP contribution in [0, 0.1) is 0 Å². The van der Waals surface area contributed by atoms with Gasteiger partial charge < -0.3 is 19.4 Å². The van der Waals surface area contributed by atoms with E-state index in [0.29, 0.717) is 45.1 Å². The van der Waals surface area contributed by atoms with E-state index in [-0.39, 0.29) is 24.1 Å². The molecule has 0 unspecified atom stereocenters. The molecule has 1 aromatic heterocycles. The monoisotopic (exact) mass is 488 g/mol. The highest BCUT2D eigenvalue weighted by Gasteiger charge is 2.32. The summed E-state index contributed by atoms with van der Waals surface area (Å²) in [4.78, 5) is 21.4. The summed E-state index contributed by atoms with van der Waals surface area (Å²) in [5.41, 5.74) is 1.56. The fourth-order valence-corrected chi connectivity index (χ4v) is 4.69. The predicted octanol–water partition coefficient (Wildman–Crippen LogP) is 4.50. The second kappa shape index (κ2) is 9.87. The van der Waals surface area contributed by atoms with Crippen molar-refractivity contribution in [3.8, 4) is 0 Å². The first-order valence-corrected chi connectivity index (χ1v) is 11.8. The smallest absolute Gasteiger partial charge is 0.416 e. The third kappa shape index (κ3) is 5.43. The average Bonchev–Trinajstić information content (AvgIpc) is 3.29. The average molecular weight is 489 g/mol. The molecule has 0 bridgehead atoms. The van der Waals surface area contributed by atoms with E-state index in [2.05, 4.69) is 10.3 Å². The van der Waals surface area contributed by atoms with Crippen molar-refractivity contribution in [3.63, 3.8) is 0 Å². The highest BCUT2D eigenvalue weighted by atomic mass is 19.4. The lowest BCUT2D eigenvalue weighted by Crippen LogP contribution is -2.39. The molecule has 2 saturated heterocycles. The summed E-state index contributed by atoms with van der Waals surface area (Å²) in [6.07, 6.45) is -2.90. The Morgan fingerprint density at radius 1 is 1.06 bits per heavy atom. The van der Waals surface area contributed by atoms with E-state index < -0.39 is 11.7 Å². The van der Waals surface area contributed by atoms with Crippen molar-refractivity contribution in [2.75, 3.05) is 56.2 Å². The number of ether oxygens (including phenoxy) is 1. The highest BCUT2D eigenvalue weighted by molar-refractivity contribution is 5.96. The summed E-state index contributed by atoms with van der Waals surface area (Å²) >= 11 is 0. The van der Waals surface area contributed by atoms with E-state index >= 15 is 0 Å². The molecule has 0 atom stereocenters. The van der Waals surface area contributed by atoms with Crippen LogP contribution in [0.15, 0.2) is 46.9 Å². The third-order valence-corrected chi connectivity index (χ3v) is 6.56. The maximum absolute atomic E-state index is 13.3. The number of oxazole rings is 1. The Hall–Kier alpha value is -3.11. The second-order valence-corrected chi connectivity index (χ2v) is 8.95. The zero-order valence-corrected chi connectivity index (χ0v) is 19.2. The number of alkyl halides is 3. The number of rotatable bonds is 5. The number of morpholine rings is 1. The molecule has 0 saturated carbocycles. The Morgan fingerprint density at radius 2 is 1.80 bits per heavy atom. The molecule has 2 aromatic carbocycles. The molecule has 3 aromatic rings. The lowest BCUT2D eigenvalue weighted by molar-refractivity contribution is -0.137. The molecule has 1 N–H and O–H groups in total. The van der Waals surface area contributed by atoms with Crippen LogP contribution in [-0.2, 0) is 15.7 Å². The minimum atomic E-state index is -4.49. The van der Waals surface area contributed by atoms with Crippen LogP contribution in [0.25, 0.3) is 11.1 Å². The Bertz CT molecular complexity index is 1150. The standard InChI is InChI=1S/C25H27F3N4O3/c26-25(27,28)18-5-6-21(32-11-13-34-14-12-32)20(15-18)29-23(33)16-31-9-7-17(8-10-31)24-30-19-3-1-2-4-22(19)35-24/h1-6,15,17H,7-14,16H2,(H,29,33). The largest absolute Gasteiger partial charge is 0.440 e. The van der Waals surface area contributed by atoms with Gasteiger partial charge in [0.25, 0.3) is 0 Å². The van der Waals surface area contributed by atoms with Gasteiger partial charge in [0, 0.05) is 19.0 Å². The third-order valence-electron chi connectivity index (χ3n) is 6.56. The van der Waals surface area contributed by atoms with Crippen LogP contribution in [0.2, 0.25) is 0 Å². The number of halogens is 3. The second-order valence-electron chi connectivity index (χ2n) is 8.95. The summed E-state index contributed by atoms with van der Waals surface area (Å²) in [6.45, 7) is 3.55. The Labute approximate surface area is 200 Å². The van der Waals surface area contributed by atoms with Crippen LogP contribution in [0.3, 0.4) is 0 Å². The van der Waals surface area contributed by atoms with Crippen molar-refractivity contribution in [1.29, 1.82) is 0 Å². The van der Waals surface area contributed by atoms with E-state index in [9.17, 15) is 18.0 Å². The van der Waals surface area contributed by atoms with E-state index in [1.165, 1.54) is 6.07 Å². The molecule has 0 aliphatic carbocycles. The molecule has 0 spiro atoms. The van der Waals surface area contributed by atoms with Gasteiger partial charge >= 0.3 is 6.18 Å². The SMILES string of the molecule is O=C(CN1CCC(c2nc3ccccc3o2)CC1)Nc1cc(C(F)(F)F)ccc1N1CCOCC1. The minimum Gasteiger partial charge on any atom is -0.440 e. The van der Waals surface area contributed by atoms with E-state index in [0.717, 1.165) is 42.0 Å². The molecule has 10 heteroatoms. The number of carbonyl (C=O) groups is 1. The number of amides is 1. The molecule has 3 heterocycles. The topological polar surface area (TPSA) is 70.8 Å². The molecule has 2 aliphatic rings. The van der Waals surface area contributed by atoms with Crippen LogP contribution in [-0.4, -0.2) is 61.7 Å². The normalized spacial score (nSPS) is 18.2. The quantitative estimate of drug-likeness (QED) is 0.570. The van der Waals surface area contributed by atoms with Crippen molar-refractivity contribution >= 4 is 28.4 Å². The maximum atomic E-state index is 13.3. The van der Waals surface area contributed by atoms with Crippen molar-refractivity contribution in [1.82, 2.24) is 9.88 Å². The van der Waals surface area contributed by atoms with E-state index in [4.69, 9.17) is 9.15 Å². The Balaban J connectivity index is 1.22. The number of anilines is 2. The number of hydrogen-bond acceptors (Lipinski definition) is 6. The molecule has 2 aliphatic heterocycles. The lowest BCUT2D eigenvalue weighted by atomic mass is 9.97. The van der Waals surface area contributed by atoms with Crippen molar-refractivity contribution in [2.45, 2.75) is 24.9 Å². The number of carbonyl (C=O) groups excluding carboxylic acids is 1. The number of nitrogens with zero attached hydrogens (tertiary/aromatic N) is 3. The molecule has 5 rings (SSSR count). The van der Waals surface area contributed by atoms with Gasteiger partial charge in [-0.25, -0.2) is 4.98 Å². The molecule has 35 heavy (non-hydrogen) atoms. The number of hydrogen-bond donors (Lipinski definition) is 1. The number of para-hydroxylation sites is 2. The number of aromatic nitrogens is 1. The fourth-order valence-electron chi connectivity index (χ4n) is 4.69. The van der Waals surface area contributed by atoms with Gasteiger partial charge in [-0.05, 0) is 56.3 Å². The molecule has 1 amide bonds. The van der Waals surface area contributed by atoms with Crippen LogP contribution < -0.4 is 10.2 Å². The van der Waals surface area contributed by atoms with Gasteiger partial charge in [0.1, 0.15) is 5.52 Å². The first-order valence-electron chi connectivity index (χ1n) is 11.8. The van der Waals surface area contributed by atoms with Crippen LogP contribution in [0.5, 0.6) is 0 Å². The summed E-state index contributed by atoms with van der Waals surface area (Å²) < 4.78 is 51.2. The molecular weight excluding hydrogens is 461 g/mol. The number of fused-ring (bicyclic) bond motifs is 1. The van der Waals surface area contributed by atoms with Gasteiger partial charge in [0.15, 0.2) is 11.5 Å². The predicted molar refractivity (Wildman–Crippen MR) is 126 cm³/mol. The first-order chi connectivity index (χ1) is 16.9. The zero-order valence-electron chi connectivity index (χ0n) is 19.2. The molecule has 2 fully saturated rings. The van der Waals surface area contributed by atoms with Gasteiger partial charge in [0.05, 0.1) is 36.7 Å². The lowest BCUT2D eigenvalue weighted by Gasteiger charge is -2.32. The number of nitrogens with one attached hydrogen (secondary N) is 1. The number of piperidine rings is 1. The van der Waals surface area contributed by atoms with Gasteiger partial charge in [-0.3, -0.25) is 9.69 Å². The summed E-state index contributed by atoms with van der Waals surface area (Å²) in [5, 5.41) is 2.73. The summed E-state index contributed by atoms with van der Waals surface area (Å²) in [7, 11) is 0. The van der Waals surface area contributed by atoms with Gasteiger partial charge in [-0.15, -0.1) is 0 Å². The Morgan fingerprint density at radius 3 is 2.51 bits per heavy atom. The maximum Gasteiger partial charge on any atom is 0.416 e. The number of benzene rings is 2. The fraction of sp³-hybridized carbons (Fsp3) is 0.440. The van der Waals surface area contributed by atoms with Crippen molar-refractivity contribution in [2.24, 2.45) is 0 Å². The zero-order chi connectivity index (χ0) is 24.4. The molecule has 7 nitrogen and oxygen atoms in total. The van der Waals surface area contributed by atoms with Crippen LogP contribution >= 0.6 is 0 Å². The van der Waals surface area contributed by atoms with Crippen LogP contribution in [0.1, 0.15) is 30.2 Å². The number of likely N-dealkylation sites (tertiary alicyclic amines) is 1. The first kappa shape index (κ1) is 23.6. The summed E-state index contributed by atoms with van der Waals surface area (Å²) in [5.74, 6) is 0.562. The van der Waals surface area contributed by atoms with Gasteiger partial charge in [-0.2, -0.15) is 13.2 Å². The molecular formula is C25H27F3N4O3. The van der Waals surface area contributed by atoms with Gasteiger partial charge in [-0.1, -0.05) is 12.1 Å².